The predicted molar refractivity (Wildman–Crippen MR) is 85.6 cm³/mol. The third-order valence-electron chi connectivity index (χ3n) is 5.15. The minimum absolute atomic E-state index is 0.0422. The molecule has 0 spiro atoms. The van der Waals surface area contributed by atoms with Crippen LogP contribution in [0.3, 0.4) is 0 Å². The molecule has 114 valence electrons. The van der Waals surface area contributed by atoms with E-state index in [0.717, 1.165) is 17.9 Å². The number of amides is 1. The van der Waals surface area contributed by atoms with Gasteiger partial charge in [-0.05, 0) is 56.0 Å². The van der Waals surface area contributed by atoms with Crippen LogP contribution in [0.15, 0.2) is 23.1 Å². The monoisotopic (exact) mass is 313 g/mol. The fourth-order valence-corrected chi connectivity index (χ4v) is 5.09. The molecule has 3 saturated heterocycles. The number of nitrogens with zero attached hydrogens (tertiary/aromatic N) is 2. The van der Waals surface area contributed by atoms with E-state index in [4.69, 9.17) is 5.26 Å². The number of thioether (sulfide) groups is 1. The lowest BCUT2D eigenvalue weighted by molar-refractivity contribution is -0.122. The maximum Gasteiger partial charge on any atom is 0.234 e. The summed E-state index contributed by atoms with van der Waals surface area (Å²) in [5.74, 6) is 0.825. The van der Waals surface area contributed by atoms with Gasteiger partial charge in [0.1, 0.15) is 0 Å². The van der Waals surface area contributed by atoms with E-state index in [0.29, 0.717) is 17.5 Å². The third kappa shape index (κ3) is 2.51. The van der Waals surface area contributed by atoms with Crippen molar-refractivity contribution in [1.82, 2.24) is 10.2 Å². The van der Waals surface area contributed by atoms with Gasteiger partial charge in [-0.15, -0.1) is 11.8 Å². The Labute approximate surface area is 134 Å². The number of rotatable bonds is 2. The SMILES string of the molecule is N#Cc1ccc2c(c1)SC(C(=O)N[C@H]1CN3CCC1CC3)C2. The second-order valence-electron chi connectivity index (χ2n) is 6.50. The van der Waals surface area contributed by atoms with Crippen molar-refractivity contribution >= 4 is 17.7 Å². The summed E-state index contributed by atoms with van der Waals surface area (Å²) in [4.78, 5) is 16.1. The highest BCUT2D eigenvalue weighted by atomic mass is 32.2. The summed E-state index contributed by atoms with van der Waals surface area (Å²) in [6, 6.07) is 8.23. The van der Waals surface area contributed by atoms with Crippen molar-refractivity contribution in [2.45, 2.75) is 35.4 Å². The summed E-state index contributed by atoms with van der Waals surface area (Å²) in [7, 11) is 0. The molecular formula is C17H19N3OS. The first-order valence-corrected chi connectivity index (χ1v) is 8.83. The Morgan fingerprint density at radius 3 is 2.86 bits per heavy atom. The largest absolute Gasteiger partial charge is 0.351 e. The molecule has 1 N–H and O–H groups in total. The van der Waals surface area contributed by atoms with Gasteiger partial charge in [-0.25, -0.2) is 0 Å². The van der Waals surface area contributed by atoms with Crippen molar-refractivity contribution in [3.8, 4) is 6.07 Å². The molecule has 3 fully saturated rings. The van der Waals surface area contributed by atoms with E-state index in [1.807, 2.05) is 18.2 Å². The first-order chi connectivity index (χ1) is 10.7. The molecule has 1 aromatic rings. The van der Waals surface area contributed by atoms with Gasteiger partial charge in [0.05, 0.1) is 16.9 Å². The van der Waals surface area contributed by atoms with Gasteiger partial charge in [-0.3, -0.25) is 4.79 Å². The average Bonchev–Trinajstić information content (AvgIpc) is 2.99. The number of nitrogens with one attached hydrogen (secondary N) is 1. The van der Waals surface area contributed by atoms with Gasteiger partial charge in [0, 0.05) is 17.5 Å². The van der Waals surface area contributed by atoms with Gasteiger partial charge >= 0.3 is 0 Å². The Bertz CT molecular complexity index is 646. The second-order valence-corrected chi connectivity index (χ2v) is 7.74. The van der Waals surface area contributed by atoms with Crippen LogP contribution in [-0.4, -0.2) is 41.7 Å². The molecule has 4 heterocycles. The molecule has 22 heavy (non-hydrogen) atoms. The number of benzene rings is 1. The Morgan fingerprint density at radius 1 is 1.36 bits per heavy atom. The maximum absolute atomic E-state index is 12.6. The van der Waals surface area contributed by atoms with E-state index in [1.54, 1.807) is 11.8 Å². The van der Waals surface area contributed by atoms with Crippen molar-refractivity contribution in [3.05, 3.63) is 29.3 Å². The summed E-state index contributed by atoms with van der Waals surface area (Å²) in [6.45, 7) is 3.40. The lowest BCUT2D eigenvalue weighted by atomic mass is 9.84. The number of carbonyl (C=O) groups excluding carboxylic acids is 1. The molecule has 0 aromatic heterocycles. The van der Waals surface area contributed by atoms with Crippen molar-refractivity contribution in [3.63, 3.8) is 0 Å². The predicted octanol–water partition coefficient (Wildman–Crippen LogP) is 1.79. The first kappa shape index (κ1) is 14.1. The van der Waals surface area contributed by atoms with Crippen molar-refractivity contribution in [1.29, 1.82) is 5.26 Å². The van der Waals surface area contributed by atoms with E-state index >= 15 is 0 Å². The fraction of sp³-hybridized carbons (Fsp3) is 0.529. The Hall–Kier alpha value is -1.51. The number of hydrogen-bond acceptors (Lipinski definition) is 4. The lowest BCUT2D eigenvalue weighted by Crippen LogP contribution is -2.58. The van der Waals surface area contributed by atoms with Crippen LogP contribution in [0.1, 0.15) is 24.0 Å². The standard InChI is InChI=1S/C17H19N3OS/c18-9-11-1-2-13-8-16(22-15(13)7-11)17(21)19-14-10-20-5-3-12(14)4-6-20/h1-2,7,12,14,16H,3-6,8,10H2,(H,19,21)/t14-,16?/m0/s1. The second kappa shape index (κ2) is 5.60. The first-order valence-electron chi connectivity index (χ1n) is 7.95. The van der Waals surface area contributed by atoms with Crippen LogP contribution in [0.5, 0.6) is 0 Å². The smallest absolute Gasteiger partial charge is 0.234 e. The van der Waals surface area contributed by atoms with Gasteiger partial charge in [0.25, 0.3) is 0 Å². The number of piperidine rings is 3. The molecule has 2 bridgehead atoms. The normalized spacial score (nSPS) is 32.3. The van der Waals surface area contributed by atoms with Crippen molar-refractivity contribution < 1.29 is 4.79 Å². The van der Waals surface area contributed by atoms with Crippen LogP contribution < -0.4 is 5.32 Å². The summed E-state index contributed by atoms with van der Waals surface area (Å²) in [5, 5.41) is 12.2. The molecule has 0 saturated carbocycles. The van der Waals surface area contributed by atoms with Crippen molar-refractivity contribution in [2.24, 2.45) is 5.92 Å². The average molecular weight is 313 g/mol. The maximum atomic E-state index is 12.6. The molecule has 2 atom stereocenters. The zero-order valence-electron chi connectivity index (χ0n) is 12.4. The number of carbonyl (C=O) groups is 1. The van der Waals surface area contributed by atoms with Gasteiger partial charge in [0.15, 0.2) is 0 Å². The van der Waals surface area contributed by atoms with Crippen LogP contribution >= 0.6 is 11.8 Å². The molecule has 1 unspecified atom stereocenters. The van der Waals surface area contributed by atoms with Crippen LogP contribution in [0.25, 0.3) is 0 Å². The van der Waals surface area contributed by atoms with Crippen LogP contribution in [-0.2, 0) is 11.2 Å². The van der Waals surface area contributed by atoms with E-state index in [-0.39, 0.29) is 11.2 Å². The summed E-state index contributed by atoms with van der Waals surface area (Å²) < 4.78 is 0. The highest BCUT2D eigenvalue weighted by Crippen LogP contribution is 2.38. The Morgan fingerprint density at radius 2 is 2.18 bits per heavy atom. The minimum Gasteiger partial charge on any atom is -0.351 e. The molecule has 0 aliphatic carbocycles. The molecule has 1 amide bonds. The topological polar surface area (TPSA) is 56.1 Å². The van der Waals surface area contributed by atoms with Crippen LogP contribution in [0.2, 0.25) is 0 Å². The van der Waals surface area contributed by atoms with Gasteiger partial charge < -0.3 is 10.2 Å². The summed E-state index contributed by atoms with van der Waals surface area (Å²) in [5.41, 5.74) is 1.86. The van der Waals surface area contributed by atoms with E-state index in [9.17, 15) is 4.79 Å². The highest BCUT2D eigenvalue weighted by molar-refractivity contribution is 8.01. The van der Waals surface area contributed by atoms with E-state index in [1.165, 1.54) is 31.5 Å². The molecule has 5 rings (SSSR count). The molecular weight excluding hydrogens is 294 g/mol. The van der Waals surface area contributed by atoms with Crippen molar-refractivity contribution in [2.75, 3.05) is 19.6 Å². The molecule has 5 heteroatoms. The summed E-state index contributed by atoms with van der Waals surface area (Å²) in [6.07, 6.45) is 3.21. The Balaban J connectivity index is 1.41. The number of fused-ring (bicyclic) bond motifs is 4. The number of nitriles is 1. The minimum atomic E-state index is -0.0422. The zero-order valence-corrected chi connectivity index (χ0v) is 13.2. The Kier molecular flexibility index (Phi) is 3.59. The molecule has 4 aliphatic heterocycles. The molecule has 4 nitrogen and oxygen atoms in total. The lowest BCUT2D eigenvalue weighted by Gasteiger charge is -2.45. The van der Waals surface area contributed by atoms with E-state index in [2.05, 4.69) is 16.3 Å². The highest BCUT2D eigenvalue weighted by Gasteiger charge is 2.37. The van der Waals surface area contributed by atoms with Gasteiger partial charge in [-0.1, -0.05) is 6.07 Å². The quantitative estimate of drug-likeness (QED) is 0.904. The van der Waals surface area contributed by atoms with E-state index < -0.39 is 0 Å². The van der Waals surface area contributed by atoms with Gasteiger partial charge in [0.2, 0.25) is 5.91 Å². The van der Waals surface area contributed by atoms with Crippen LogP contribution in [0, 0.1) is 17.2 Å². The molecule has 0 radical (unpaired) electrons. The molecule has 4 aliphatic rings. The molecule has 1 aromatic carbocycles. The number of hydrogen-bond donors (Lipinski definition) is 1. The zero-order chi connectivity index (χ0) is 15.1. The van der Waals surface area contributed by atoms with Gasteiger partial charge in [-0.2, -0.15) is 5.26 Å². The third-order valence-corrected chi connectivity index (χ3v) is 6.45. The fourth-order valence-electron chi connectivity index (χ4n) is 3.85. The van der Waals surface area contributed by atoms with Crippen LogP contribution in [0.4, 0.5) is 0 Å². The summed E-state index contributed by atoms with van der Waals surface area (Å²) >= 11 is 1.61.